The van der Waals surface area contributed by atoms with E-state index in [1.165, 1.54) is 0 Å². The Morgan fingerprint density at radius 1 is 1.09 bits per heavy atom. The van der Waals surface area contributed by atoms with Gasteiger partial charge in [-0.05, 0) is 36.2 Å². The van der Waals surface area contributed by atoms with Gasteiger partial charge < -0.3 is 9.47 Å². The van der Waals surface area contributed by atoms with Crippen molar-refractivity contribution >= 4 is 5.97 Å². The summed E-state index contributed by atoms with van der Waals surface area (Å²) in [5.41, 5.74) is 0.845. The minimum absolute atomic E-state index is 0.0218. The highest BCUT2D eigenvalue weighted by Gasteiger charge is 2.13. The molecule has 0 saturated carbocycles. The number of esters is 1. The molecule has 0 unspecified atom stereocenters. The highest BCUT2D eigenvalue weighted by atomic mass is 19.1. The molecule has 5 heteroatoms. The number of carbonyl (C=O) groups excluding carboxylic acids is 1. The van der Waals surface area contributed by atoms with Gasteiger partial charge in [-0.2, -0.15) is 0 Å². The lowest BCUT2D eigenvalue weighted by atomic mass is 10.2. The third kappa shape index (κ3) is 4.28. The van der Waals surface area contributed by atoms with Gasteiger partial charge in [-0.25, -0.2) is 13.6 Å². The quantitative estimate of drug-likeness (QED) is 0.602. The Kier molecular flexibility index (Phi) is 5.47. The second kappa shape index (κ2) is 7.54. The molecule has 0 aliphatic heterocycles. The van der Waals surface area contributed by atoms with Crippen LogP contribution in [-0.4, -0.2) is 19.2 Å². The number of hydrogen-bond acceptors (Lipinski definition) is 3. The Morgan fingerprint density at radius 2 is 1.91 bits per heavy atom. The summed E-state index contributed by atoms with van der Waals surface area (Å²) < 4.78 is 36.5. The second-order valence-electron chi connectivity index (χ2n) is 4.61. The average molecular weight is 306 g/mol. The first-order chi connectivity index (χ1) is 10.6. The van der Waals surface area contributed by atoms with E-state index in [4.69, 9.17) is 9.47 Å². The van der Waals surface area contributed by atoms with Crippen LogP contribution in [0.25, 0.3) is 0 Å². The molecule has 0 spiro atoms. The van der Waals surface area contributed by atoms with E-state index in [1.54, 1.807) is 6.07 Å². The lowest BCUT2D eigenvalue weighted by molar-refractivity contribution is 0.0445. The van der Waals surface area contributed by atoms with Crippen LogP contribution in [0.2, 0.25) is 0 Å². The Bertz CT molecular complexity index is 656. The lowest BCUT2D eigenvalue weighted by Gasteiger charge is -2.08. The van der Waals surface area contributed by atoms with Crippen molar-refractivity contribution in [1.82, 2.24) is 0 Å². The molecular formula is C17H16F2O3. The van der Waals surface area contributed by atoms with Gasteiger partial charge in [0.25, 0.3) is 0 Å². The summed E-state index contributed by atoms with van der Waals surface area (Å²) in [6.45, 7) is 2.17. The van der Waals surface area contributed by atoms with E-state index < -0.39 is 17.6 Å². The predicted molar refractivity (Wildman–Crippen MR) is 78.0 cm³/mol. The largest absolute Gasteiger partial charge is 0.490 e. The summed E-state index contributed by atoms with van der Waals surface area (Å²) >= 11 is 0. The maximum atomic E-state index is 13.4. The molecule has 3 nitrogen and oxygen atoms in total. The molecule has 0 saturated heterocycles. The maximum absolute atomic E-state index is 13.4. The van der Waals surface area contributed by atoms with Gasteiger partial charge in [0.2, 0.25) is 0 Å². The smallest absolute Gasteiger partial charge is 0.341 e. The normalized spacial score (nSPS) is 10.3. The van der Waals surface area contributed by atoms with Crippen LogP contribution in [0, 0.1) is 11.6 Å². The molecule has 0 N–H and O–H groups in total. The van der Waals surface area contributed by atoms with Crippen molar-refractivity contribution in [2.75, 3.05) is 13.2 Å². The zero-order valence-corrected chi connectivity index (χ0v) is 12.1. The van der Waals surface area contributed by atoms with Crippen LogP contribution < -0.4 is 4.74 Å². The van der Waals surface area contributed by atoms with Gasteiger partial charge in [-0.15, -0.1) is 0 Å². The lowest BCUT2D eigenvalue weighted by Crippen LogP contribution is -2.13. The molecule has 0 amide bonds. The van der Waals surface area contributed by atoms with Crippen LogP contribution in [0.1, 0.15) is 22.8 Å². The minimum atomic E-state index is -0.943. The summed E-state index contributed by atoms with van der Waals surface area (Å²) in [4.78, 5) is 11.6. The fourth-order valence-electron chi connectivity index (χ4n) is 1.88. The molecule has 2 rings (SSSR count). The van der Waals surface area contributed by atoms with Gasteiger partial charge in [0.05, 0.1) is 5.56 Å². The van der Waals surface area contributed by atoms with Crippen LogP contribution in [0.5, 0.6) is 5.75 Å². The van der Waals surface area contributed by atoms with Crippen molar-refractivity contribution in [3.05, 3.63) is 65.2 Å². The molecule has 22 heavy (non-hydrogen) atoms. The van der Waals surface area contributed by atoms with Crippen molar-refractivity contribution < 1.29 is 23.0 Å². The number of halogens is 2. The molecule has 0 atom stereocenters. The van der Waals surface area contributed by atoms with E-state index in [0.29, 0.717) is 11.8 Å². The summed E-state index contributed by atoms with van der Waals surface area (Å²) in [6.07, 6.45) is 0.899. The fraction of sp³-hybridized carbons (Fsp3) is 0.235. The monoisotopic (exact) mass is 306 g/mol. The van der Waals surface area contributed by atoms with Crippen LogP contribution >= 0.6 is 0 Å². The van der Waals surface area contributed by atoms with Crippen LogP contribution in [0.3, 0.4) is 0 Å². The third-order valence-corrected chi connectivity index (χ3v) is 3.04. The molecule has 0 radical (unpaired) electrons. The van der Waals surface area contributed by atoms with Crippen molar-refractivity contribution in [2.45, 2.75) is 13.3 Å². The van der Waals surface area contributed by atoms with Crippen molar-refractivity contribution in [3.63, 3.8) is 0 Å². The Hall–Kier alpha value is -2.43. The Balaban J connectivity index is 1.82. The summed E-state index contributed by atoms with van der Waals surface area (Å²) in [5.74, 6) is -1.85. The molecule has 2 aromatic carbocycles. The van der Waals surface area contributed by atoms with Gasteiger partial charge in [0.15, 0.2) is 0 Å². The highest BCUT2D eigenvalue weighted by molar-refractivity contribution is 5.89. The zero-order valence-electron chi connectivity index (χ0n) is 12.1. The van der Waals surface area contributed by atoms with E-state index in [9.17, 15) is 13.6 Å². The number of ether oxygens (including phenoxy) is 2. The maximum Gasteiger partial charge on any atom is 0.341 e. The van der Waals surface area contributed by atoms with E-state index in [2.05, 4.69) is 0 Å². The van der Waals surface area contributed by atoms with Crippen LogP contribution in [0.4, 0.5) is 8.78 Å². The van der Waals surface area contributed by atoms with Crippen LogP contribution in [-0.2, 0) is 11.2 Å². The van der Waals surface area contributed by atoms with E-state index in [-0.39, 0.29) is 18.8 Å². The molecule has 0 aliphatic carbocycles. The van der Waals surface area contributed by atoms with Crippen molar-refractivity contribution in [1.29, 1.82) is 0 Å². The number of benzene rings is 2. The SMILES string of the molecule is CCc1cccc(OCCOC(=O)c2ccc(F)cc2F)c1. The topological polar surface area (TPSA) is 35.5 Å². The van der Waals surface area contributed by atoms with Crippen molar-refractivity contribution in [3.8, 4) is 5.75 Å². The summed E-state index contributed by atoms with van der Waals surface area (Å²) in [7, 11) is 0. The van der Waals surface area contributed by atoms with E-state index in [0.717, 1.165) is 24.1 Å². The number of rotatable bonds is 6. The molecule has 0 fully saturated rings. The first-order valence-electron chi connectivity index (χ1n) is 6.94. The predicted octanol–water partition coefficient (Wildman–Crippen LogP) is 3.76. The third-order valence-electron chi connectivity index (χ3n) is 3.04. The first kappa shape index (κ1) is 15.9. The fourth-order valence-corrected chi connectivity index (χ4v) is 1.88. The molecule has 2 aromatic rings. The minimum Gasteiger partial charge on any atom is -0.490 e. The standard InChI is InChI=1S/C17H16F2O3/c1-2-12-4-3-5-14(10-12)21-8-9-22-17(20)15-7-6-13(18)11-16(15)19/h3-7,10-11H,2,8-9H2,1H3. The molecule has 116 valence electrons. The Morgan fingerprint density at radius 3 is 2.64 bits per heavy atom. The zero-order chi connectivity index (χ0) is 15.9. The van der Waals surface area contributed by atoms with Crippen LogP contribution in [0.15, 0.2) is 42.5 Å². The number of carbonyl (C=O) groups is 1. The Labute approximate surface area is 127 Å². The highest BCUT2D eigenvalue weighted by Crippen LogP contribution is 2.14. The molecule has 0 aromatic heterocycles. The number of hydrogen-bond donors (Lipinski definition) is 0. The molecule has 0 bridgehead atoms. The van der Waals surface area contributed by atoms with Gasteiger partial charge in [-0.1, -0.05) is 19.1 Å². The van der Waals surface area contributed by atoms with Gasteiger partial charge >= 0.3 is 5.97 Å². The van der Waals surface area contributed by atoms with E-state index in [1.807, 2.05) is 25.1 Å². The van der Waals surface area contributed by atoms with Gasteiger partial charge in [0, 0.05) is 6.07 Å². The first-order valence-corrected chi connectivity index (χ1v) is 6.94. The molecule has 0 heterocycles. The average Bonchev–Trinajstić information content (AvgIpc) is 2.51. The van der Waals surface area contributed by atoms with Crippen molar-refractivity contribution in [2.24, 2.45) is 0 Å². The van der Waals surface area contributed by atoms with Gasteiger partial charge in [-0.3, -0.25) is 0 Å². The number of aryl methyl sites for hydroxylation is 1. The summed E-state index contributed by atoms with van der Waals surface area (Å²) in [5, 5.41) is 0. The molecular weight excluding hydrogens is 290 g/mol. The second-order valence-corrected chi connectivity index (χ2v) is 4.61. The molecule has 0 aliphatic rings. The van der Waals surface area contributed by atoms with E-state index >= 15 is 0 Å². The summed E-state index contributed by atoms with van der Waals surface area (Å²) in [6, 6.07) is 10.3. The van der Waals surface area contributed by atoms with Gasteiger partial charge in [0.1, 0.15) is 30.6 Å².